The van der Waals surface area contributed by atoms with Gasteiger partial charge < -0.3 is 29.0 Å². The molecule has 0 amide bonds. The largest absolute Gasteiger partial charge is 0.464 e. The molecule has 1 aliphatic heterocycles. The molecule has 0 bridgehead atoms. The molecule has 1 aromatic carbocycles. The average Bonchev–Trinajstić information content (AvgIpc) is 3.22. The third-order valence-electron chi connectivity index (χ3n) is 6.96. The van der Waals surface area contributed by atoms with E-state index >= 15 is 0 Å². The first-order valence-corrected chi connectivity index (χ1v) is 13.4. The molecule has 38 heavy (non-hydrogen) atoms. The summed E-state index contributed by atoms with van der Waals surface area (Å²) in [5.41, 5.74) is 4.15. The number of aliphatic hydroxyl groups excluding tert-OH is 1. The summed E-state index contributed by atoms with van der Waals surface area (Å²) < 4.78 is 15.0. The Bertz CT molecular complexity index is 1310. The van der Waals surface area contributed by atoms with Gasteiger partial charge in [-0.3, -0.25) is 9.59 Å². The molecule has 2 unspecified atom stereocenters. The summed E-state index contributed by atoms with van der Waals surface area (Å²) in [6, 6.07) is 8.21. The highest BCUT2D eigenvalue weighted by Crippen LogP contribution is 2.28. The molecule has 2 N–H and O–H groups in total. The zero-order valence-electron chi connectivity index (χ0n) is 23.1. The predicted octanol–water partition coefficient (Wildman–Crippen LogP) is 3.32. The molecule has 0 saturated carbocycles. The molecule has 0 radical (unpaired) electrons. The third-order valence-corrected chi connectivity index (χ3v) is 6.96. The zero-order valence-corrected chi connectivity index (χ0v) is 23.1. The second kappa shape index (κ2) is 11.8. The van der Waals surface area contributed by atoms with Gasteiger partial charge in [-0.1, -0.05) is 6.07 Å². The maximum absolute atomic E-state index is 12.3. The van der Waals surface area contributed by atoms with E-state index in [4.69, 9.17) is 14.5 Å². The predicted molar refractivity (Wildman–Crippen MR) is 147 cm³/mol. The first-order valence-electron chi connectivity index (χ1n) is 13.4. The Kier molecular flexibility index (Phi) is 8.70. The van der Waals surface area contributed by atoms with Gasteiger partial charge in [0.25, 0.3) is 5.56 Å². The van der Waals surface area contributed by atoms with Gasteiger partial charge >= 0.3 is 5.97 Å². The van der Waals surface area contributed by atoms with Gasteiger partial charge in [-0.15, -0.1) is 0 Å². The highest BCUT2D eigenvalue weighted by molar-refractivity contribution is 5.81. The Morgan fingerprint density at radius 2 is 2.13 bits per heavy atom. The number of fused-ring (bicyclic) bond motifs is 1. The van der Waals surface area contributed by atoms with E-state index in [-0.39, 0.29) is 18.6 Å². The van der Waals surface area contributed by atoms with Crippen molar-refractivity contribution in [3.05, 3.63) is 51.9 Å². The molecule has 3 heterocycles. The molecular formula is C29H40N4O5. The van der Waals surface area contributed by atoms with Crippen LogP contribution in [0.15, 0.2) is 35.3 Å². The van der Waals surface area contributed by atoms with Gasteiger partial charge in [0.15, 0.2) is 0 Å². The van der Waals surface area contributed by atoms with Crippen LogP contribution in [0.4, 0.5) is 0 Å². The van der Waals surface area contributed by atoms with Crippen molar-refractivity contribution in [2.45, 2.75) is 71.7 Å². The van der Waals surface area contributed by atoms with Crippen molar-refractivity contribution in [2.75, 3.05) is 19.8 Å². The van der Waals surface area contributed by atoms with Gasteiger partial charge in [0.1, 0.15) is 12.4 Å². The number of nitrogens with one attached hydrogen (secondary N) is 1. The number of carbonyl (C=O) groups excluding carboxylic acids is 1. The Balaban J connectivity index is 1.58. The lowest BCUT2D eigenvalue weighted by atomic mass is 10.0. The van der Waals surface area contributed by atoms with Crippen LogP contribution >= 0.6 is 0 Å². The SMILES string of the molecule is Cc1cc(-c2nc3cc(CNC(C)(C)COC(=O)CC(C)O)ccc3n2CC2CCCOC2)cn(C)c1=O. The molecule has 0 aliphatic carbocycles. The zero-order chi connectivity index (χ0) is 27.4. The average molecular weight is 525 g/mol. The molecule has 9 nitrogen and oxygen atoms in total. The molecule has 2 aromatic heterocycles. The Morgan fingerprint density at radius 1 is 1.34 bits per heavy atom. The van der Waals surface area contributed by atoms with Crippen molar-refractivity contribution >= 4 is 17.0 Å². The molecule has 1 saturated heterocycles. The van der Waals surface area contributed by atoms with Crippen LogP contribution in [0.2, 0.25) is 0 Å². The highest BCUT2D eigenvalue weighted by atomic mass is 16.5. The van der Waals surface area contributed by atoms with Crippen LogP contribution < -0.4 is 10.9 Å². The summed E-state index contributed by atoms with van der Waals surface area (Å²) in [5.74, 6) is 0.846. The lowest BCUT2D eigenvalue weighted by Gasteiger charge is -2.26. The van der Waals surface area contributed by atoms with Crippen molar-refractivity contribution in [2.24, 2.45) is 13.0 Å². The van der Waals surface area contributed by atoms with Gasteiger partial charge in [-0.05, 0) is 64.3 Å². The quantitative estimate of drug-likeness (QED) is 0.392. The van der Waals surface area contributed by atoms with Gasteiger partial charge in [0.2, 0.25) is 0 Å². The number of aryl methyl sites for hydroxylation is 2. The van der Waals surface area contributed by atoms with Crippen LogP contribution in [0.5, 0.6) is 0 Å². The van der Waals surface area contributed by atoms with E-state index in [1.807, 2.05) is 33.0 Å². The van der Waals surface area contributed by atoms with Gasteiger partial charge in [-0.2, -0.15) is 0 Å². The smallest absolute Gasteiger partial charge is 0.308 e. The third kappa shape index (κ3) is 6.89. The number of aromatic nitrogens is 3. The molecule has 1 fully saturated rings. The number of aliphatic hydroxyl groups is 1. The lowest BCUT2D eigenvalue weighted by molar-refractivity contribution is -0.147. The molecule has 1 aliphatic rings. The number of hydrogen-bond acceptors (Lipinski definition) is 7. The van der Waals surface area contributed by atoms with Crippen LogP contribution in [-0.4, -0.2) is 56.7 Å². The number of benzene rings is 1. The minimum Gasteiger partial charge on any atom is -0.464 e. The maximum Gasteiger partial charge on any atom is 0.308 e. The number of ether oxygens (including phenoxy) is 2. The van der Waals surface area contributed by atoms with Gasteiger partial charge in [0.05, 0.1) is 30.2 Å². The minimum atomic E-state index is -0.717. The number of hydrogen-bond donors (Lipinski definition) is 2. The fourth-order valence-corrected chi connectivity index (χ4v) is 4.85. The second-order valence-electron chi connectivity index (χ2n) is 11.2. The van der Waals surface area contributed by atoms with E-state index in [9.17, 15) is 14.7 Å². The maximum atomic E-state index is 12.3. The lowest BCUT2D eigenvalue weighted by Crippen LogP contribution is -2.43. The van der Waals surface area contributed by atoms with Crippen molar-refractivity contribution < 1.29 is 19.4 Å². The monoisotopic (exact) mass is 524 g/mol. The number of esters is 1. The molecule has 0 spiro atoms. The first-order chi connectivity index (χ1) is 18.0. The van der Waals surface area contributed by atoms with Crippen LogP contribution in [0, 0.1) is 12.8 Å². The fraction of sp³-hybridized carbons (Fsp3) is 0.552. The summed E-state index contributed by atoms with van der Waals surface area (Å²) in [6.45, 7) is 10.5. The fourth-order valence-electron chi connectivity index (χ4n) is 4.85. The van der Waals surface area contributed by atoms with E-state index in [1.54, 1.807) is 18.5 Å². The van der Waals surface area contributed by atoms with E-state index in [1.165, 1.54) is 0 Å². The van der Waals surface area contributed by atoms with E-state index in [0.717, 1.165) is 60.6 Å². The molecule has 4 rings (SSSR count). The molecule has 2 atom stereocenters. The van der Waals surface area contributed by atoms with Gasteiger partial charge in [-0.25, -0.2) is 4.98 Å². The van der Waals surface area contributed by atoms with Crippen LogP contribution in [0.3, 0.4) is 0 Å². The summed E-state index contributed by atoms with van der Waals surface area (Å²) >= 11 is 0. The van der Waals surface area contributed by atoms with E-state index in [0.29, 0.717) is 18.0 Å². The normalized spacial score (nSPS) is 17.1. The topological polar surface area (TPSA) is 108 Å². The molecule has 206 valence electrons. The Morgan fingerprint density at radius 3 is 2.82 bits per heavy atom. The Labute approximate surface area is 223 Å². The number of nitrogens with zero attached hydrogens (tertiary/aromatic N) is 3. The van der Waals surface area contributed by atoms with Crippen molar-refractivity contribution in [1.82, 2.24) is 19.4 Å². The van der Waals surface area contributed by atoms with Crippen molar-refractivity contribution in [3.63, 3.8) is 0 Å². The van der Waals surface area contributed by atoms with Crippen LogP contribution in [-0.2, 0) is 34.4 Å². The van der Waals surface area contributed by atoms with Gasteiger partial charge in [0, 0.05) is 55.5 Å². The van der Waals surface area contributed by atoms with Crippen LogP contribution in [0.1, 0.15) is 51.2 Å². The molecular weight excluding hydrogens is 484 g/mol. The van der Waals surface area contributed by atoms with Crippen molar-refractivity contribution in [1.29, 1.82) is 0 Å². The number of carbonyl (C=O) groups is 1. The van der Waals surface area contributed by atoms with Crippen LogP contribution in [0.25, 0.3) is 22.4 Å². The highest BCUT2D eigenvalue weighted by Gasteiger charge is 2.22. The van der Waals surface area contributed by atoms with E-state index < -0.39 is 17.6 Å². The molecule has 3 aromatic rings. The number of pyridine rings is 1. The minimum absolute atomic E-state index is 0.00961. The van der Waals surface area contributed by atoms with E-state index in [2.05, 4.69) is 28.1 Å². The summed E-state index contributed by atoms with van der Waals surface area (Å²) in [6.07, 6.45) is 3.30. The summed E-state index contributed by atoms with van der Waals surface area (Å²) in [7, 11) is 1.77. The van der Waals surface area contributed by atoms with Crippen molar-refractivity contribution in [3.8, 4) is 11.4 Å². The molecule has 9 heteroatoms. The number of imidazole rings is 1. The Hall–Kier alpha value is -3.01. The second-order valence-corrected chi connectivity index (χ2v) is 11.2. The first kappa shape index (κ1) is 28.0. The standard InChI is InChI=1S/C29H40N4O5/c1-19-11-23(16-32(5)28(19)36)27-31-24-13-21(14-30-29(3,4)18-38-26(35)12-20(2)34)8-9-25(24)33(27)15-22-7-6-10-37-17-22/h8-9,11,13,16,20,22,30,34H,6-7,10,12,14-15,17-18H2,1-5H3. The number of rotatable bonds is 10. The summed E-state index contributed by atoms with van der Waals surface area (Å²) in [5, 5.41) is 12.8. The summed E-state index contributed by atoms with van der Waals surface area (Å²) in [4.78, 5) is 29.2.